The molecule has 0 radical (unpaired) electrons. The molecule has 0 amide bonds. The van der Waals surface area contributed by atoms with Crippen molar-refractivity contribution in [2.45, 2.75) is 38.1 Å². The molecule has 4 fully saturated rings. The molecule has 1 aromatic rings. The van der Waals surface area contributed by atoms with Gasteiger partial charge in [0.2, 0.25) is 0 Å². The highest BCUT2D eigenvalue weighted by Gasteiger charge is 2.48. The van der Waals surface area contributed by atoms with E-state index >= 15 is 0 Å². The van der Waals surface area contributed by atoms with Gasteiger partial charge < -0.3 is 5.32 Å². The maximum atomic E-state index is 13.8. The van der Waals surface area contributed by atoms with Gasteiger partial charge in [-0.2, -0.15) is 0 Å². The highest BCUT2D eigenvalue weighted by Crippen LogP contribution is 2.54. The van der Waals surface area contributed by atoms with Crippen molar-refractivity contribution < 1.29 is 8.78 Å². The predicted molar refractivity (Wildman–Crippen MR) is 70.8 cm³/mol. The van der Waals surface area contributed by atoms with Crippen molar-refractivity contribution >= 4 is 5.69 Å². The van der Waals surface area contributed by atoms with E-state index in [1.54, 1.807) is 0 Å². The summed E-state index contributed by atoms with van der Waals surface area (Å²) in [4.78, 5) is 0. The molecule has 0 atom stereocenters. The van der Waals surface area contributed by atoms with Crippen molar-refractivity contribution in [2.75, 3.05) is 5.32 Å². The summed E-state index contributed by atoms with van der Waals surface area (Å²) >= 11 is 0. The van der Waals surface area contributed by atoms with E-state index in [0.717, 1.165) is 11.8 Å². The molecule has 1 aromatic carbocycles. The van der Waals surface area contributed by atoms with Crippen LogP contribution in [0.25, 0.3) is 0 Å². The minimum absolute atomic E-state index is 0.0833. The Morgan fingerprint density at radius 1 is 0.842 bits per heavy atom. The second kappa shape index (κ2) is 4.19. The first kappa shape index (κ1) is 11.7. The first-order valence-corrected chi connectivity index (χ1v) is 7.41. The lowest BCUT2D eigenvalue weighted by molar-refractivity contribution is 0.00734. The lowest BCUT2D eigenvalue weighted by Crippen LogP contribution is -2.51. The molecule has 0 aliphatic heterocycles. The third-order valence-electron chi connectivity index (χ3n) is 5.50. The molecule has 0 heterocycles. The topological polar surface area (TPSA) is 12.0 Å². The van der Waals surface area contributed by atoms with Gasteiger partial charge in [0, 0.05) is 6.04 Å². The van der Waals surface area contributed by atoms with Gasteiger partial charge in [-0.25, -0.2) is 8.78 Å². The van der Waals surface area contributed by atoms with Crippen LogP contribution < -0.4 is 5.32 Å². The molecule has 4 bridgehead atoms. The van der Waals surface area contributed by atoms with Gasteiger partial charge in [0.05, 0.1) is 0 Å². The monoisotopic (exact) mass is 263 g/mol. The summed E-state index contributed by atoms with van der Waals surface area (Å²) in [7, 11) is 0. The molecule has 19 heavy (non-hydrogen) atoms. The van der Waals surface area contributed by atoms with E-state index in [-0.39, 0.29) is 11.7 Å². The maximum Gasteiger partial charge on any atom is 0.149 e. The Balaban J connectivity index is 1.60. The Labute approximate surface area is 112 Å². The average Bonchev–Trinajstić information content (AvgIpc) is 2.36. The summed E-state index contributed by atoms with van der Waals surface area (Å²) in [5, 5.41) is 3.21. The SMILES string of the molecule is Fc1cccc(F)c1NC1C2CC3CC(C2)CC1C3. The molecule has 5 rings (SSSR count). The minimum Gasteiger partial charge on any atom is -0.377 e. The van der Waals surface area contributed by atoms with E-state index in [4.69, 9.17) is 0 Å². The molecule has 0 spiro atoms. The molecule has 4 aliphatic rings. The van der Waals surface area contributed by atoms with Crippen molar-refractivity contribution in [3.63, 3.8) is 0 Å². The third-order valence-corrected chi connectivity index (χ3v) is 5.50. The number of para-hydroxylation sites is 1. The fourth-order valence-electron chi connectivity index (χ4n) is 4.96. The summed E-state index contributed by atoms with van der Waals surface area (Å²) in [6, 6.07) is 4.37. The molecule has 0 aromatic heterocycles. The molecule has 0 unspecified atom stereocenters. The van der Waals surface area contributed by atoms with Crippen LogP contribution in [0.3, 0.4) is 0 Å². The first-order valence-electron chi connectivity index (χ1n) is 7.41. The van der Waals surface area contributed by atoms with Crippen molar-refractivity contribution in [1.29, 1.82) is 0 Å². The molecular weight excluding hydrogens is 244 g/mol. The molecule has 4 aliphatic carbocycles. The van der Waals surface area contributed by atoms with Crippen LogP contribution in [0.2, 0.25) is 0 Å². The summed E-state index contributed by atoms with van der Waals surface area (Å²) in [6.45, 7) is 0. The van der Waals surface area contributed by atoms with Gasteiger partial charge in [-0.15, -0.1) is 0 Å². The second-order valence-corrected chi connectivity index (χ2v) is 6.70. The Bertz CT molecular complexity index is 451. The van der Waals surface area contributed by atoms with Crippen molar-refractivity contribution in [1.82, 2.24) is 0 Å². The molecule has 1 N–H and O–H groups in total. The van der Waals surface area contributed by atoms with Crippen LogP contribution in [0.1, 0.15) is 32.1 Å². The van der Waals surface area contributed by atoms with Gasteiger partial charge in [0.25, 0.3) is 0 Å². The van der Waals surface area contributed by atoms with Crippen molar-refractivity contribution in [2.24, 2.45) is 23.7 Å². The Morgan fingerprint density at radius 3 is 1.89 bits per heavy atom. The standard InChI is InChI=1S/C16H19F2N/c17-13-2-1-3-14(18)16(13)19-15-11-5-9-4-10(7-11)8-12(15)6-9/h1-3,9-12,15,19H,4-8H2. The Kier molecular flexibility index (Phi) is 2.58. The quantitative estimate of drug-likeness (QED) is 0.843. The highest BCUT2D eigenvalue weighted by molar-refractivity contribution is 5.47. The number of hydrogen-bond acceptors (Lipinski definition) is 1. The number of nitrogens with one attached hydrogen (secondary N) is 1. The number of halogens is 2. The zero-order valence-electron chi connectivity index (χ0n) is 10.9. The molecule has 0 saturated heterocycles. The molecule has 3 heteroatoms. The summed E-state index contributed by atoms with van der Waals surface area (Å²) in [6.07, 6.45) is 6.40. The zero-order valence-corrected chi connectivity index (χ0v) is 10.9. The first-order chi connectivity index (χ1) is 9.20. The number of hydrogen-bond donors (Lipinski definition) is 1. The number of anilines is 1. The van der Waals surface area contributed by atoms with Gasteiger partial charge in [-0.1, -0.05) is 6.07 Å². The minimum atomic E-state index is -0.464. The van der Waals surface area contributed by atoms with Gasteiger partial charge in [-0.3, -0.25) is 0 Å². The van der Waals surface area contributed by atoms with E-state index in [0.29, 0.717) is 11.8 Å². The number of benzene rings is 1. The van der Waals surface area contributed by atoms with Crippen LogP contribution in [0.15, 0.2) is 18.2 Å². The Morgan fingerprint density at radius 2 is 1.37 bits per heavy atom. The van der Waals surface area contributed by atoms with Crippen molar-refractivity contribution in [3.05, 3.63) is 29.8 Å². The van der Waals surface area contributed by atoms with Gasteiger partial charge in [0.1, 0.15) is 17.3 Å². The number of rotatable bonds is 2. The van der Waals surface area contributed by atoms with Crippen LogP contribution in [-0.4, -0.2) is 6.04 Å². The third kappa shape index (κ3) is 1.86. The normalized spacial score (nSPS) is 39.6. The zero-order chi connectivity index (χ0) is 13.0. The van der Waals surface area contributed by atoms with E-state index in [1.807, 2.05) is 0 Å². The van der Waals surface area contributed by atoms with Gasteiger partial charge >= 0.3 is 0 Å². The lowest BCUT2D eigenvalue weighted by atomic mass is 9.54. The fourth-order valence-corrected chi connectivity index (χ4v) is 4.96. The lowest BCUT2D eigenvalue weighted by Gasteiger charge is -2.54. The van der Waals surface area contributed by atoms with Gasteiger partial charge in [0.15, 0.2) is 0 Å². The van der Waals surface area contributed by atoms with Crippen LogP contribution in [-0.2, 0) is 0 Å². The molecule has 4 saturated carbocycles. The Hall–Kier alpha value is -1.12. The van der Waals surface area contributed by atoms with E-state index in [1.165, 1.54) is 50.3 Å². The summed E-state index contributed by atoms with van der Waals surface area (Å²) in [5.41, 5.74) is 0.0833. The van der Waals surface area contributed by atoms with E-state index in [9.17, 15) is 8.78 Å². The van der Waals surface area contributed by atoms with E-state index < -0.39 is 11.6 Å². The maximum absolute atomic E-state index is 13.8. The van der Waals surface area contributed by atoms with Crippen LogP contribution in [0.5, 0.6) is 0 Å². The van der Waals surface area contributed by atoms with Crippen molar-refractivity contribution in [3.8, 4) is 0 Å². The fraction of sp³-hybridized carbons (Fsp3) is 0.625. The summed E-state index contributed by atoms with van der Waals surface area (Å²) in [5.74, 6) is 2.07. The highest BCUT2D eigenvalue weighted by atomic mass is 19.1. The largest absolute Gasteiger partial charge is 0.377 e. The average molecular weight is 263 g/mol. The molecular formula is C16H19F2N. The second-order valence-electron chi connectivity index (χ2n) is 6.70. The van der Waals surface area contributed by atoms with Crippen LogP contribution >= 0.6 is 0 Å². The molecule has 1 nitrogen and oxygen atoms in total. The van der Waals surface area contributed by atoms with Gasteiger partial charge in [-0.05, 0) is 67.9 Å². The van der Waals surface area contributed by atoms with E-state index in [2.05, 4.69) is 5.32 Å². The van der Waals surface area contributed by atoms with Crippen LogP contribution in [0, 0.1) is 35.3 Å². The molecule has 102 valence electrons. The van der Waals surface area contributed by atoms with Crippen LogP contribution in [0.4, 0.5) is 14.5 Å². The predicted octanol–water partition coefficient (Wildman–Crippen LogP) is 4.20. The summed E-state index contributed by atoms with van der Waals surface area (Å²) < 4.78 is 27.5. The smallest absolute Gasteiger partial charge is 0.149 e.